The number of hydrogen-bond donors (Lipinski definition) is 3. The van der Waals surface area contributed by atoms with Gasteiger partial charge in [0.1, 0.15) is 5.54 Å². The zero-order valence-corrected chi connectivity index (χ0v) is 13.7. The minimum atomic E-state index is -1.15. The first-order valence-electron chi connectivity index (χ1n) is 8.03. The number of amides is 2. The Hall–Kier alpha value is -2.63. The number of benzene rings is 1. The van der Waals surface area contributed by atoms with E-state index in [1.807, 2.05) is 0 Å². The van der Waals surface area contributed by atoms with Gasteiger partial charge in [0.2, 0.25) is 5.91 Å². The molecule has 3 N–H and O–H groups in total. The summed E-state index contributed by atoms with van der Waals surface area (Å²) in [5, 5.41) is 14.6. The van der Waals surface area contributed by atoms with Gasteiger partial charge in [-0.25, -0.2) is 4.79 Å². The molecule has 1 saturated carbocycles. The van der Waals surface area contributed by atoms with Crippen LogP contribution in [0.5, 0.6) is 0 Å². The van der Waals surface area contributed by atoms with Crippen molar-refractivity contribution in [1.29, 1.82) is 0 Å². The minimum Gasteiger partial charge on any atom is -0.480 e. The monoisotopic (exact) mass is 330 g/mol. The number of nitrogens with one attached hydrogen (secondary N) is 2. The lowest BCUT2D eigenvalue weighted by molar-refractivity contribution is -0.148. The third kappa shape index (κ3) is 4.22. The van der Waals surface area contributed by atoms with Crippen LogP contribution in [0.4, 0.5) is 0 Å². The molecule has 1 aliphatic carbocycles. The Balaban J connectivity index is 2.01. The van der Waals surface area contributed by atoms with Gasteiger partial charge >= 0.3 is 5.97 Å². The molecule has 0 spiro atoms. The molecular formula is C18H22N2O4. The van der Waals surface area contributed by atoms with Crippen LogP contribution in [-0.2, 0) is 9.59 Å². The highest BCUT2D eigenvalue weighted by molar-refractivity contribution is 5.96. The molecule has 24 heavy (non-hydrogen) atoms. The Morgan fingerprint density at radius 2 is 1.71 bits per heavy atom. The van der Waals surface area contributed by atoms with Crippen molar-refractivity contribution in [3.63, 3.8) is 0 Å². The van der Waals surface area contributed by atoms with E-state index in [9.17, 15) is 19.5 Å². The van der Waals surface area contributed by atoms with E-state index >= 15 is 0 Å². The summed E-state index contributed by atoms with van der Waals surface area (Å²) < 4.78 is 0. The van der Waals surface area contributed by atoms with Crippen LogP contribution in [0.1, 0.15) is 48.0 Å². The van der Waals surface area contributed by atoms with Gasteiger partial charge in [-0.3, -0.25) is 9.59 Å². The van der Waals surface area contributed by atoms with E-state index in [4.69, 9.17) is 0 Å². The second kappa shape index (κ2) is 7.77. The van der Waals surface area contributed by atoms with Gasteiger partial charge in [0.15, 0.2) is 0 Å². The molecule has 2 rings (SSSR count). The fourth-order valence-electron chi connectivity index (χ4n) is 2.89. The average Bonchev–Trinajstić information content (AvgIpc) is 2.60. The number of aliphatic carboxylic acids is 1. The van der Waals surface area contributed by atoms with Gasteiger partial charge in [-0.2, -0.15) is 0 Å². The topological polar surface area (TPSA) is 95.5 Å². The molecule has 1 fully saturated rings. The summed E-state index contributed by atoms with van der Waals surface area (Å²) in [5.41, 5.74) is 0.139. The van der Waals surface area contributed by atoms with E-state index in [-0.39, 0.29) is 5.91 Å². The van der Waals surface area contributed by atoms with Crippen molar-refractivity contribution in [2.75, 3.05) is 7.05 Å². The van der Waals surface area contributed by atoms with E-state index in [1.165, 1.54) is 6.08 Å². The minimum absolute atomic E-state index is 0.177. The van der Waals surface area contributed by atoms with Crippen LogP contribution in [0.3, 0.4) is 0 Å². The molecular weight excluding hydrogens is 308 g/mol. The van der Waals surface area contributed by atoms with E-state index < -0.39 is 17.4 Å². The second-order valence-corrected chi connectivity index (χ2v) is 5.97. The van der Waals surface area contributed by atoms with Crippen molar-refractivity contribution in [2.24, 2.45) is 0 Å². The van der Waals surface area contributed by atoms with E-state index in [0.717, 1.165) is 24.8 Å². The molecule has 0 aliphatic heterocycles. The largest absolute Gasteiger partial charge is 0.480 e. The van der Waals surface area contributed by atoms with Crippen molar-refractivity contribution in [3.05, 3.63) is 41.5 Å². The molecule has 128 valence electrons. The molecule has 0 heterocycles. The first-order valence-corrected chi connectivity index (χ1v) is 8.03. The fraction of sp³-hybridized carbons (Fsp3) is 0.389. The maximum Gasteiger partial charge on any atom is 0.329 e. The van der Waals surface area contributed by atoms with E-state index in [1.54, 1.807) is 37.4 Å². The second-order valence-electron chi connectivity index (χ2n) is 5.97. The van der Waals surface area contributed by atoms with Gasteiger partial charge in [-0.1, -0.05) is 31.4 Å². The van der Waals surface area contributed by atoms with Crippen LogP contribution >= 0.6 is 0 Å². The fourth-order valence-corrected chi connectivity index (χ4v) is 2.89. The van der Waals surface area contributed by atoms with Gasteiger partial charge in [0, 0.05) is 18.7 Å². The molecule has 0 atom stereocenters. The van der Waals surface area contributed by atoms with Crippen molar-refractivity contribution >= 4 is 23.9 Å². The summed E-state index contributed by atoms with van der Waals surface area (Å²) in [6.45, 7) is 0. The summed E-state index contributed by atoms with van der Waals surface area (Å²) in [5.74, 6) is -1.57. The van der Waals surface area contributed by atoms with Gasteiger partial charge in [-0.05, 0) is 36.6 Å². The highest BCUT2D eigenvalue weighted by Gasteiger charge is 2.40. The summed E-state index contributed by atoms with van der Waals surface area (Å²) >= 11 is 0. The zero-order chi connectivity index (χ0) is 17.6. The molecule has 1 aromatic rings. The SMILES string of the molecule is CNC(=O)c1ccc(/C=C/C(=O)NC2(C(=O)O)CCCCC2)cc1. The highest BCUT2D eigenvalue weighted by atomic mass is 16.4. The summed E-state index contributed by atoms with van der Waals surface area (Å²) in [6, 6.07) is 6.77. The average molecular weight is 330 g/mol. The molecule has 2 amide bonds. The molecule has 1 aliphatic rings. The normalized spacial score (nSPS) is 16.5. The standard InChI is InChI=1S/C18H22N2O4/c1-19-16(22)14-8-5-13(6-9-14)7-10-15(21)20-18(17(23)24)11-3-2-4-12-18/h5-10H,2-4,11-12H2,1H3,(H,19,22)(H,20,21)(H,23,24)/b10-7+. The lowest BCUT2D eigenvalue weighted by atomic mass is 9.81. The van der Waals surface area contributed by atoms with Crippen LogP contribution in [0.2, 0.25) is 0 Å². The van der Waals surface area contributed by atoms with Gasteiger partial charge in [0.25, 0.3) is 5.91 Å². The number of rotatable bonds is 5. The highest BCUT2D eigenvalue weighted by Crippen LogP contribution is 2.28. The van der Waals surface area contributed by atoms with Crippen LogP contribution in [0, 0.1) is 0 Å². The number of carbonyl (C=O) groups excluding carboxylic acids is 2. The molecule has 0 aromatic heterocycles. The molecule has 0 unspecified atom stereocenters. The molecule has 6 nitrogen and oxygen atoms in total. The van der Waals surface area contributed by atoms with Crippen molar-refractivity contribution < 1.29 is 19.5 Å². The Bertz CT molecular complexity index is 643. The third-order valence-corrected chi connectivity index (χ3v) is 4.31. The maximum absolute atomic E-state index is 12.1. The summed E-state index contributed by atoms with van der Waals surface area (Å²) in [7, 11) is 1.56. The lowest BCUT2D eigenvalue weighted by Crippen LogP contribution is -2.55. The van der Waals surface area contributed by atoms with Gasteiger partial charge < -0.3 is 15.7 Å². The van der Waals surface area contributed by atoms with Crippen LogP contribution in [0.15, 0.2) is 30.3 Å². The molecule has 6 heteroatoms. The van der Waals surface area contributed by atoms with Crippen molar-refractivity contribution in [2.45, 2.75) is 37.6 Å². The zero-order valence-electron chi connectivity index (χ0n) is 13.7. The number of hydrogen-bond acceptors (Lipinski definition) is 3. The van der Waals surface area contributed by atoms with Crippen LogP contribution in [-0.4, -0.2) is 35.5 Å². The van der Waals surface area contributed by atoms with Crippen LogP contribution in [0.25, 0.3) is 6.08 Å². The van der Waals surface area contributed by atoms with Gasteiger partial charge in [0.05, 0.1) is 0 Å². The molecule has 0 saturated heterocycles. The first-order chi connectivity index (χ1) is 11.5. The Morgan fingerprint density at radius 1 is 1.08 bits per heavy atom. The lowest BCUT2D eigenvalue weighted by Gasteiger charge is -2.33. The van der Waals surface area contributed by atoms with E-state index in [0.29, 0.717) is 18.4 Å². The molecule has 1 aromatic carbocycles. The predicted octanol–water partition coefficient (Wildman–Crippen LogP) is 1.96. The quantitative estimate of drug-likeness (QED) is 0.719. The number of carboxylic acids is 1. The maximum atomic E-state index is 12.1. The third-order valence-electron chi connectivity index (χ3n) is 4.31. The Labute approximate surface area is 140 Å². The smallest absolute Gasteiger partial charge is 0.329 e. The Kier molecular flexibility index (Phi) is 5.73. The Morgan fingerprint density at radius 3 is 2.25 bits per heavy atom. The van der Waals surface area contributed by atoms with Crippen LogP contribution < -0.4 is 10.6 Å². The number of carboxylic acid groups (broad SMARTS) is 1. The molecule has 0 radical (unpaired) electrons. The molecule has 0 bridgehead atoms. The van der Waals surface area contributed by atoms with Crippen molar-refractivity contribution in [3.8, 4) is 0 Å². The predicted molar refractivity (Wildman–Crippen MR) is 90.5 cm³/mol. The summed E-state index contributed by atoms with van der Waals surface area (Å²) in [4.78, 5) is 35.1. The summed E-state index contributed by atoms with van der Waals surface area (Å²) in [6.07, 6.45) is 6.45. The van der Waals surface area contributed by atoms with Crippen molar-refractivity contribution in [1.82, 2.24) is 10.6 Å². The first kappa shape index (κ1) is 17.7. The van der Waals surface area contributed by atoms with E-state index in [2.05, 4.69) is 10.6 Å². The van der Waals surface area contributed by atoms with Gasteiger partial charge in [-0.15, -0.1) is 0 Å². The number of carbonyl (C=O) groups is 3.